The van der Waals surface area contributed by atoms with Gasteiger partial charge in [0, 0.05) is 27.7 Å². The molecule has 0 radical (unpaired) electrons. The van der Waals surface area contributed by atoms with Crippen LogP contribution in [0, 0.1) is 0 Å². The van der Waals surface area contributed by atoms with E-state index in [1.165, 1.54) is 12.0 Å². The summed E-state index contributed by atoms with van der Waals surface area (Å²) in [6, 6.07) is 6.80. The predicted octanol–water partition coefficient (Wildman–Crippen LogP) is 0.301. The van der Waals surface area contributed by atoms with Crippen LogP contribution in [-0.4, -0.2) is 50.6 Å². The Morgan fingerprint density at radius 3 is 2.53 bits per heavy atom. The number of hydrogen-bond donors (Lipinski definition) is 2. The minimum atomic E-state index is -0.734. The highest BCUT2D eigenvalue weighted by molar-refractivity contribution is 6.04. The maximum absolute atomic E-state index is 12.0. The maximum atomic E-state index is 12.0. The average molecular weight is 265 g/mol. The molecular weight excluding hydrogens is 246 g/mol. The Balaban J connectivity index is 2.96. The van der Waals surface area contributed by atoms with Gasteiger partial charge in [-0.15, -0.1) is 0 Å². The molecule has 1 rings (SSSR count). The molecule has 0 aliphatic rings. The zero-order valence-corrected chi connectivity index (χ0v) is 11.3. The first-order valence-electron chi connectivity index (χ1n) is 5.85. The molecule has 0 bridgehead atoms. The van der Waals surface area contributed by atoms with Crippen LogP contribution >= 0.6 is 0 Å². The van der Waals surface area contributed by atoms with E-state index in [2.05, 4.69) is 5.32 Å². The minimum absolute atomic E-state index is 0.0755. The van der Waals surface area contributed by atoms with Gasteiger partial charge in [0.1, 0.15) is 6.10 Å². The molecule has 3 N–H and O–H groups in total. The number of anilines is 1. The van der Waals surface area contributed by atoms with E-state index in [0.29, 0.717) is 11.3 Å². The molecule has 0 aliphatic carbocycles. The summed E-state index contributed by atoms with van der Waals surface area (Å²) in [6.45, 7) is 0.0755. The predicted molar refractivity (Wildman–Crippen MR) is 72.9 cm³/mol. The topological polar surface area (TPSA) is 84.7 Å². The van der Waals surface area contributed by atoms with E-state index in [9.17, 15) is 9.59 Å². The van der Waals surface area contributed by atoms with Gasteiger partial charge in [-0.1, -0.05) is 12.1 Å². The Morgan fingerprint density at radius 1 is 1.37 bits per heavy atom. The molecule has 6 heteroatoms. The summed E-state index contributed by atoms with van der Waals surface area (Å²) in [7, 11) is 4.71. The Kier molecular flexibility index (Phi) is 5.47. The zero-order valence-electron chi connectivity index (χ0n) is 11.3. The molecule has 0 aliphatic heterocycles. The Bertz CT molecular complexity index is 456. The largest absolute Gasteiger partial charge is 0.370 e. The van der Waals surface area contributed by atoms with E-state index in [4.69, 9.17) is 10.5 Å². The van der Waals surface area contributed by atoms with Crippen molar-refractivity contribution in [2.45, 2.75) is 6.10 Å². The molecule has 1 atom stereocenters. The molecule has 0 heterocycles. The number of amides is 2. The van der Waals surface area contributed by atoms with Crippen LogP contribution in [0.1, 0.15) is 10.4 Å². The standard InChI is InChI=1S/C13H19N3O3/c1-16(2)13(18)9-6-4-5-7-10(9)15-12(17)11(8-14)19-3/h4-7,11H,8,14H2,1-3H3,(H,15,17). The van der Waals surface area contributed by atoms with Gasteiger partial charge >= 0.3 is 0 Å². The Morgan fingerprint density at radius 2 is 2.00 bits per heavy atom. The van der Waals surface area contributed by atoms with E-state index in [1.54, 1.807) is 38.4 Å². The van der Waals surface area contributed by atoms with Crippen LogP contribution in [0.15, 0.2) is 24.3 Å². The molecule has 0 aromatic heterocycles. The normalized spacial score (nSPS) is 11.8. The van der Waals surface area contributed by atoms with E-state index in [-0.39, 0.29) is 18.4 Å². The number of carbonyl (C=O) groups excluding carboxylic acids is 2. The number of ether oxygens (including phenoxy) is 1. The molecular formula is C13H19N3O3. The third-order valence-corrected chi connectivity index (χ3v) is 2.61. The molecule has 1 unspecified atom stereocenters. The third kappa shape index (κ3) is 3.77. The second-order valence-corrected chi connectivity index (χ2v) is 4.19. The van der Waals surface area contributed by atoms with Crippen molar-refractivity contribution in [3.8, 4) is 0 Å². The van der Waals surface area contributed by atoms with Crippen molar-refractivity contribution in [2.75, 3.05) is 33.1 Å². The van der Waals surface area contributed by atoms with Crippen molar-refractivity contribution in [3.63, 3.8) is 0 Å². The second kappa shape index (κ2) is 6.86. The number of nitrogens with zero attached hydrogens (tertiary/aromatic N) is 1. The van der Waals surface area contributed by atoms with Gasteiger partial charge in [0.2, 0.25) is 0 Å². The highest BCUT2D eigenvalue weighted by Gasteiger charge is 2.19. The lowest BCUT2D eigenvalue weighted by Crippen LogP contribution is -2.36. The lowest BCUT2D eigenvalue weighted by Gasteiger charge is -2.17. The van der Waals surface area contributed by atoms with Gasteiger partial charge in [-0.2, -0.15) is 0 Å². The molecule has 104 valence electrons. The lowest BCUT2D eigenvalue weighted by atomic mass is 10.1. The second-order valence-electron chi connectivity index (χ2n) is 4.19. The average Bonchev–Trinajstić information content (AvgIpc) is 2.39. The molecule has 0 fully saturated rings. The first-order valence-corrected chi connectivity index (χ1v) is 5.85. The number of nitrogens with two attached hydrogens (primary N) is 1. The third-order valence-electron chi connectivity index (χ3n) is 2.61. The van der Waals surface area contributed by atoms with Crippen LogP contribution in [0.25, 0.3) is 0 Å². The molecule has 0 saturated carbocycles. The number of methoxy groups -OCH3 is 1. The van der Waals surface area contributed by atoms with Gasteiger partial charge in [0.15, 0.2) is 0 Å². The number of para-hydroxylation sites is 1. The zero-order chi connectivity index (χ0) is 14.4. The minimum Gasteiger partial charge on any atom is -0.370 e. The monoisotopic (exact) mass is 265 g/mol. The maximum Gasteiger partial charge on any atom is 0.255 e. The highest BCUT2D eigenvalue weighted by Crippen LogP contribution is 2.16. The summed E-state index contributed by atoms with van der Waals surface area (Å²) in [5.74, 6) is -0.554. The summed E-state index contributed by atoms with van der Waals surface area (Å²) < 4.78 is 4.95. The molecule has 1 aromatic rings. The van der Waals surface area contributed by atoms with Gasteiger partial charge in [-0.25, -0.2) is 0 Å². The van der Waals surface area contributed by atoms with Crippen LogP contribution in [0.2, 0.25) is 0 Å². The number of rotatable bonds is 5. The molecule has 1 aromatic carbocycles. The molecule has 0 saturated heterocycles. The fourth-order valence-electron chi connectivity index (χ4n) is 1.54. The fourth-order valence-corrected chi connectivity index (χ4v) is 1.54. The first kappa shape index (κ1) is 15.1. The Labute approximate surface area is 112 Å². The molecule has 0 spiro atoms. The van der Waals surface area contributed by atoms with Crippen LogP contribution in [0.5, 0.6) is 0 Å². The summed E-state index contributed by atoms with van der Waals surface area (Å²) in [6.07, 6.45) is -0.734. The molecule has 6 nitrogen and oxygen atoms in total. The lowest BCUT2D eigenvalue weighted by molar-refractivity contribution is -0.125. The highest BCUT2D eigenvalue weighted by atomic mass is 16.5. The van der Waals surface area contributed by atoms with Crippen molar-refractivity contribution < 1.29 is 14.3 Å². The fraction of sp³-hybridized carbons (Fsp3) is 0.385. The van der Waals surface area contributed by atoms with Crippen LogP contribution < -0.4 is 11.1 Å². The van der Waals surface area contributed by atoms with Gasteiger partial charge in [0.05, 0.1) is 11.3 Å². The quantitative estimate of drug-likeness (QED) is 0.802. The number of nitrogens with one attached hydrogen (secondary N) is 1. The smallest absolute Gasteiger partial charge is 0.255 e. The van der Waals surface area contributed by atoms with E-state index >= 15 is 0 Å². The molecule has 2 amide bonds. The van der Waals surface area contributed by atoms with Crippen molar-refractivity contribution in [1.82, 2.24) is 4.90 Å². The van der Waals surface area contributed by atoms with Crippen molar-refractivity contribution in [1.29, 1.82) is 0 Å². The van der Waals surface area contributed by atoms with E-state index in [0.717, 1.165) is 0 Å². The van der Waals surface area contributed by atoms with Crippen LogP contribution in [0.4, 0.5) is 5.69 Å². The van der Waals surface area contributed by atoms with Gasteiger partial charge in [-0.3, -0.25) is 9.59 Å². The SMILES string of the molecule is COC(CN)C(=O)Nc1ccccc1C(=O)N(C)C. The van der Waals surface area contributed by atoms with Gasteiger partial charge < -0.3 is 20.7 Å². The number of carbonyl (C=O) groups is 2. The molecule has 19 heavy (non-hydrogen) atoms. The van der Waals surface area contributed by atoms with Crippen molar-refractivity contribution in [3.05, 3.63) is 29.8 Å². The van der Waals surface area contributed by atoms with Crippen LogP contribution in [-0.2, 0) is 9.53 Å². The summed E-state index contributed by atoms with van der Waals surface area (Å²) >= 11 is 0. The summed E-state index contributed by atoms with van der Waals surface area (Å²) in [5, 5.41) is 2.66. The van der Waals surface area contributed by atoms with Crippen molar-refractivity contribution >= 4 is 17.5 Å². The van der Waals surface area contributed by atoms with Gasteiger partial charge in [0.25, 0.3) is 11.8 Å². The first-order chi connectivity index (χ1) is 9.01. The van der Waals surface area contributed by atoms with Gasteiger partial charge in [-0.05, 0) is 12.1 Å². The Hall–Kier alpha value is -1.92. The number of hydrogen-bond acceptors (Lipinski definition) is 4. The van der Waals surface area contributed by atoms with Crippen molar-refractivity contribution in [2.24, 2.45) is 5.73 Å². The number of benzene rings is 1. The summed E-state index contributed by atoms with van der Waals surface area (Å²) in [5.41, 5.74) is 6.29. The van der Waals surface area contributed by atoms with E-state index < -0.39 is 6.10 Å². The van der Waals surface area contributed by atoms with Crippen LogP contribution in [0.3, 0.4) is 0 Å². The van der Waals surface area contributed by atoms with E-state index in [1.807, 2.05) is 0 Å². The summed E-state index contributed by atoms with van der Waals surface area (Å²) in [4.78, 5) is 25.3.